The predicted molar refractivity (Wildman–Crippen MR) is 113 cm³/mol. The monoisotopic (exact) mass is 386 g/mol. The summed E-state index contributed by atoms with van der Waals surface area (Å²) in [4.78, 5) is 34.6. The van der Waals surface area contributed by atoms with Gasteiger partial charge in [0.05, 0.1) is 16.9 Å². The number of para-hydroxylation sites is 2. The van der Waals surface area contributed by atoms with Gasteiger partial charge in [-0.05, 0) is 29.7 Å². The fourth-order valence-corrected chi connectivity index (χ4v) is 4.27. The van der Waals surface area contributed by atoms with Crippen LogP contribution in [0.5, 0.6) is 0 Å². The lowest BCUT2D eigenvalue weighted by Crippen LogP contribution is -2.49. The maximum Gasteiger partial charge on any atom is 0.262 e. The van der Waals surface area contributed by atoms with Crippen LogP contribution in [0.4, 0.5) is 0 Å². The van der Waals surface area contributed by atoms with Gasteiger partial charge in [0.2, 0.25) is 5.91 Å². The molecule has 1 aliphatic heterocycles. The number of amides is 1. The largest absolute Gasteiger partial charge is 0.361 e. The molecule has 2 aromatic heterocycles. The van der Waals surface area contributed by atoms with Crippen LogP contribution in [-0.4, -0.2) is 20.4 Å². The lowest BCUT2D eigenvalue weighted by atomic mass is 9.96. The summed E-state index contributed by atoms with van der Waals surface area (Å²) in [5, 5.41) is 4.71. The first-order valence-electron chi connectivity index (χ1n) is 9.91. The van der Waals surface area contributed by atoms with Crippen LogP contribution in [0, 0.1) is 5.92 Å². The molecule has 1 aliphatic rings. The van der Waals surface area contributed by atoms with Crippen molar-refractivity contribution in [3.8, 4) is 0 Å². The van der Waals surface area contributed by atoms with Crippen molar-refractivity contribution < 1.29 is 4.79 Å². The van der Waals surface area contributed by atoms with Gasteiger partial charge in [0.15, 0.2) is 0 Å². The number of aromatic nitrogens is 3. The molecular formula is C23H22N4O2. The van der Waals surface area contributed by atoms with Gasteiger partial charge in [0.25, 0.3) is 5.56 Å². The van der Waals surface area contributed by atoms with Crippen molar-refractivity contribution in [2.24, 2.45) is 5.92 Å². The van der Waals surface area contributed by atoms with Gasteiger partial charge in [-0.1, -0.05) is 44.2 Å². The highest BCUT2D eigenvalue weighted by Gasteiger charge is 2.37. The van der Waals surface area contributed by atoms with Crippen LogP contribution in [0.15, 0.2) is 59.5 Å². The summed E-state index contributed by atoms with van der Waals surface area (Å²) >= 11 is 0. The number of nitrogens with zero attached hydrogens (tertiary/aromatic N) is 2. The van der Waals surface area contributed by atoms with Crippen molar-refractivity contribution in [3.05, 3.63) is 76.5 Å². The number of carbonyl (C=O) groups is 1. The Morgan fingerprint density at radius 2 is 1.76 bits per heavy atom. The molecule has 0 saturated carbocycles. The molecule has 3 heterocycles. The van der Waals surface area contributed by atoms with Gasteiger partial charge in [0.1, 0.15) is 11.9 Å². The number of hydrogen-bond acceptors (Lipinski definition) is 3. The average Bonchev–Trinajstić information content (AvgIpc) is 3.13. The topological polar surface area (TPSA) is 79.8 Å². The van der Waals surface area contributed by atoms with Gasteiger partial charge in [-0.2, -0.15) is 0 Å². The summed E-state index contributed by atoms with van der Waals surface area (Å²) < 4.78 is 1.62. The molecule has 29 heavy (non-hydrogen) atoms. The Labute approximate surface area is 167 Å². The highest BCUT2D eigenvalue weighted by molar-refractivity contribution is 5.87. The van der Waals surface area contributed by atoms with Gasteiger partial charge in [-0.15, -0.1) is 0 Å². The van der Waals surface area contributed by atoms with Crippen molar-refractivity contribution in [2.45, 2.75) is 32.4 Å². The third-order valence-corrected chi connectivity index (χ3v) is 5.78. The van der Waals surface area contributed by atoms with Crippen LogP contribution < -0.4 is 10.9 Å². The molecule has 2 atom stereocenters. The molecule has 0 fully saturated rings. The predicted octanol–water partition coefficient (Wildman–Crippen LogP) is 3.49. The Balaban J connectivity index is 1.71. The van der Waals surface area contributed by atoms with Crippen LogP contribution in [0.2, 0.25) is 0 Å². The minimum absolute atomic E-state index is 0.118. The van der Waals surface area contributed by atoms with Crippen molar-refractivity contribution in [3.63, 3.8) is 0 Å². The summed E-state index contributed by atoms with van der Waals surface area (Å²) in [6.07, 6.45) is 2.35. The molecule has 2 N–H and O–H groups in total. The van der Waals surface area contributed by atoms with E-state index in [1.807, 2.05) is 62.5 Å². The van der Waals surface area contributed by atoms with Crippen molar-refractivity contribution in [2.75, 3.05) is 0 Å². The Hall–Kier alpha value is -3.41. The quantitative estimate of drug-likeness (QED) is 0.566. The minimum Gasteiger partial charge on any atom is -0.361 e. The lowest BCUT2D eigenvalue weighted by molar-refractivity contribution is -0.127. The maximum atomic E-state index is 13.4. The molecule has 0 aliphatic carbocycles. The fraction of sp³-hybridized carbons (Fsp3) is 0.261. The standard InChI is InChI=1S/C23H22N4O2/c1-13(2)20-21-25-18-10-6-4-8-16(18)23(29)27(21)19(22(28)26-20)11-14-12-24-17-9-5-3-7-15(14)17/h3-10,12-13,19-20,24H,11H2,1-2H3,(H,26,28)/t19-,20+/m0/s1. The molecule has 4 aromatic rings. The summed E-state index contributed by atoms with van der Waals surface area (Å²) in [5.74, 6) is 0.612. The number of fused-ring (bicyclic) bond motifs is 3. The van der Waals surface area contributed by atoms with E-state index >= 15 is 0 Å². The molecular weight excluding hydrogens is 364 g/mol. The first kappa shape index (κ1) is 17.7. The van der Waals surface area contributed by atoms with Gasteiger partial charge in [-0.25, -0.2) is 4.98 Å². The molecule has 0 unspecified atom stereocenters. The van der Waals surface area contributed by atoms with Gasteiger partial charge >= 0.3 is 0 Å². The third-order valence-electron chi connectivity index (χ3n) is 5.78. The zero-order valence-corrected chi connectivity index (χ0v) is 16.3. The smallest absolute Gasteiger partial charge is 0.262 e. The van der Waals surface area contributed by atoms with E-state index in [1.54, 1.807) is 10.6 Å². The number of aromatic amines is 1. The minimum atomic E-state index is -0.635. The van der Waals surface area contributed by atoms with Crippen LogP contribution in [0.25, 0.3) is 21.8 Å². The van der Waals surface area contributed by atoms with Gasteiger partial charge < -0.3 is 10.3 Å². The average molecular weight is 386 g/mol. The molecule has 6 nitrogen and oxygen atoms in total. The van der Waals surface area contributed by atoms with Crippen molar-refractivity contribution in [1.29, 1.82) is 0 Å². The number of carbonyl (C=O) groups excluding carboxylic acids is 1. The fourth-order valence-electron chi connectivity index (χ4n) is 4.27. The first-order chi connectivity index (χ1) is 14.0. The van der Waals surface area contributed by atoms with E-state index < -0.39 is 6.04 Å². The summed E-state index contributed by atoms with van der Waals surface area (Å²) in [5.41, 5.74) is 2.53. The van der Waals surface area contributed by atoms with E-state index in [1.165, 1.54) is 0 Å². The highest BCUT2D eigenvalue weighted by atomic mass is 16.2. The van der Waals surface area contributed by atoms with Crippen LogP contribution in [0.3, 0.4) is 0 Å². The molecule has 0 bridgehead atoms. The maximum absolute atomic E-state index is 13.4. The first-order valence-corrected chi connectivity index (χ1v) is 9.91. The van der Waals surface area contributed by atoms with Crippen LogP contribution >= 0.6 is 0 Å². The number of nitrogens with one attached hydrogen (secondary N) is 2. The SMILES string of the molecule is CC(C)[C@H]1NC(=O)[C@H](Cc2c[nH]c3ccccc23)n2c1nc1ccccc1c2=O. The molecule has 5 rings (SSSR count). The third kappa shape index (κ3) is 2.75. The van der Waals surface area contributed by atoms with Crippen molar-refractivity contribution in [1.82, 2.24) is 19.9 Å². The van der Waals surface area contributed by atoms with Crippen LogP contribution in [-0.2, 0) is 11.2 Å². The summed E-state index contributed by atoms with van der Waals surface area (Å²) in [7, 11) is 0. The van der Waals surface area contributed by atoms with Crippen LogP contribution in [0.1, 0.15) is 37.3 Å². The Morgan fingerprint density at radius 3 is 2.55 bits per heavy atom. The molecule has 0 radical (unpaired) electrons. The van der Waals surface area contributed by atoms with E-state index in [9.17, 15) is 9.59 Å². The van der Waals surface area contributed by atoms with Gasteiger partial charge in [-0.3, -0.25) is 14.2 Å². The number of H-pyrrole nitrogens is 1. The Kier molecular flexibility index (Phi) is 4.01. The normalized spacial score (nSPS) is 18.9. The number of rotatable bonds is 3. The second-order valence-electron chi connectivity index (χ2n) is 7.97. The molecule has 2 aromatic carbocycles. The zero-order chi connectivity index (χ0) is 20.1. The number of hydrogen-bond donors (Lipinski definition) is 2. The van der Waals surface area contributed by atoms with E-state index in [-0.39, 0.29) is 23.4 Å². The molecule has 0 saturated heterocycles. The summed E-state index contributed by atoms with van der Waals surface area (Å²) in [6, 6.07) is 14.4. The molecule has 146 valence electrons. The van der Waals surface area contributed by atoms with Crippen molar-refractivity contribution >= 4 is 27.7 Å². The molecule has 0 spiro atoms. The Morgan fingerprint density at radius 1 is 1.03 bits per heavy atom. The number of benzene rings is 2. The Bertz CT molecular complexity index is 1300. The highest BCUT2D eigenvalue weighted by Crippen LogP contribution is 2.31. The molecule has 6 heteroatoms. The summed E-state index contributed by atoms with van der Waals surface area (Å²) in [6.45, 7) is 4.05. The van der Waals surface area contributed by atoms with E-state index in [0.29, 0.717) is 23.1 Å². The van der Waals surface area contributed by atoms with Gasteiger partial charge in [0, 0.05) is 23.5 Å². The zero-order valence-electron chi connectivity index (χ0n) is 16.3. The second-order valence-corrected chi connectivity index (χ2v) is 7.97. The second kappa shape index (κ2) is 6.58. The van der Waals surface area contributed by atoms with E-state index in [2.05, 4.69) is 10.3 Å². The lowest BCUT2D eigenvalue weighted by Gasteiger charge is -2.34. The molecule has 1 amide bonds. The van der Waals surface area contributed by atoms with E-state index in [0.717, 1.165) is 16.5 Å². The van der Waals surface area contributed by atoms with E-state index in [4.69, 9.17) is 4.98 Å².